The van der Waals surface area contributed by atoms with Crippen molar-refractivity contribution in [1.82, 2.24) is 0 Å². The molecule has 0 bridgehead atoms. The van der Waals surface area contributed by atoms with Crippen molar-refractivity contribution in [2.75, 3.05) is 0 Å². The first-order chi connectivity index (χ1) is 14.9. The molecule has 0 aromatic heterocycles. The van der Waals surface area contributed by atoms with Crippen molar-refractivity contribution in [2.45, 2.75) is 12.3 Å². The first kappa shape index (κ1) is 21.3. The summed E-state index contributed by atoms with van der Waals surface area (Å²) in [7, 11) is -2.48. The fourth-order valence-electron chi connectivity index (χ4n) is 3.94. The summed E-state index contributed by atoms with van der Waals surface area (Å²) in [6, 6.07) is 32.7. The Labute approximate surface area is 179 Å². The zero-order chi connectivity index (χ0) is 21.9. The lowest BCUT2D eigenvalue weighted by Crippen LogP contribution is -2.32. The summed E-state index contributed by atoms with van der Waals surface area (Å²) in [6.07, 6.45) is -4.59. The minimum absolute atomic E-state index is 0.0692. The molecule has 4 aromatic carbocycles. The standard InChI is InChI=1S/C26H20F4P/c27-25-20(11-10-18-24(25)26(28,29)30)19-31(21-12-4-1-5-13-21,22-14-6-2-7-15-22)23-16-8-3-9-17-23/h1-18H,19H2/q+1. The third-order valence-electron chi connectivity index (χ3n) is 5.38. The third kappa shape index (κ3) is 4.13. The average Bonchev–Trinajstić information content (AvgIpc) is 2.79. The van der Waals surface area contributed by atoms with Crippen LogP contribution in [0.3, 0.4) is 0 Å². The fourth-order valence-corrected chi connectivity index (χ4v) is 8.19. The van der Waals surface area contributed by atoms with Gasteiger partial charge in [0.05, 0.1) is 5.56 Å². The summed E-state index contributed by atoms with van der Waals surface area (Å²) in [5, 5.41) is 2.97. The van der Waals surface area contributed by atoms with Crippen molar-refractivity contribution in [2.24, 2.45) is 0 Å². The van der Waals surface area contributed by atoms with Crippen LogP contribution in [0.2, 0.25) is 0 Å². The topological polar surface area (TPSA) is 0 Å². The van der Waals surface area contributed by atoms with Gasteiger partial charge in [-0.3, -0.25) is 0 Å². The highest BCUT2D eigenvalue weighted by Gasteiger charge is 2.46. The van der Waals surface area contributed by atoms with Crippen LogP contribution in [0.5, 0.6) is 0 Å². The van der Waals surface area contributed by atoms with E-state index in [4.69, 9.17) is 0 Å². The van der Waals surface area contributed by atoms with Crippen molar-refractivity contribution in [3.8, 4) is 0 Å². The molecule has 4 aromatic rings. The van der Waals surface area contributed by atoms with E-state index in [0.29, 0.717) is 0 Å². The zero-order valence-corrected chi connectivity index (χ0v) is 17.5. The Morgan fingerprint density at radius 1 is 0.548 bits per heavy atom. The van der Waals surface area contributed by atoms with Gasteiger partial charge in [0.2, 0.25) is 0 Å². The van der Waals surface area contributed by atoms with E-state index in [9.17, 15) is 13.2 Å². The van der Waals surface area contributed by atoms with E-state index in [0.717, 1.165) is 22.0 Å². The summed E-state index contributed by atoms with van der Waals surface area (Å²) < 4.78 is 55.3. The van der Waals surface area contributed by atoms with Crippen LogP contribution in [0, 0.1) is 5.82 Å². The van der Waals surface area contributed by atoms with Crippen molar-refractivity contribution in [3.05, 3.63) is 126 Å². The highest BCUT2D eigenvalue weighted by atomic mass is 31.2. The van der Waals surface area contributed by atoms with E-state index in [1.165, 1.54) is 12.1 Å². The van der Waals surface area contributed by atoms with Gasteiger partial charge >= 0.3 is 6.18 Å². The van der Waals surface area contributed by atoms with Crippen molar-refractivity contribution >= 4 is 23.2 Å². The Morgan fingerprint density at radius 2 is 0.968 bits per heavy atom. The quantitative estimate of drug-likeness (QED) is 0.252. The zero-order valence-electron chi connectivity index (χ0n) is 16.6. The molecule has 31 heavy (non-hydrogen) atoms. The lowest BCUT2D eigenvalue weighted by atomic mass is 10.1. The molecule has 0 saturated carbocycles. The Balaban J connectivity index is 2.01. The van der Waals surface area contributed by atoms with Gasteiger partial charge in [-0.15, -0.1) is 0 Å². The summed E-state index contributed by atoms with van der Waals surface area (Å²) in [5.41, 5.74) is -1.16. The maximum atomic E-state index is 15.1. The van der Waals surface area contributed by atoms with Gasteiger partial charge in [0.15, 0.2) is 0 Å². The van der Waals surface area contributed by atoms with Gasteiger partial charge in [-0.1, -0.05) is 66.7 Å². The molecule has 0 heterocycles. The molecule has 0 radical (unpaired) electrons. The fraction of sp³-hybridized carbons (Fsp3) is 0.0769. The van der Waals surface area contributed by atoms with Gasteiger partial charge in [0.1, 0.15) is 35.2 Å². The second-order valence-electron chi connectivity index (χ2n) is 7.25. The smallest absolute Gasteiger partial charge is 0.206 e. The Kier molecular flexibility index (Phi) is 5.93. The molecule has 0 N–H and O–H groups in total. The van der Waals surface area contributed by atoms with E-state index in [-0.39, 0.29) is 11.7 Å². The van der Waals surface area contributed by atoms with E-state index >= 15 is 4.39 Å². The van der Waals surface area contributed by atoms with E-state index in [1.807, 2.05) is 91.0 Å². The van der Waals surface area contributed by atoms with Gasteiger partial charge in [0.25, 0.3) is 0 Å². The molecular formula is C26H20F4P+. The minimum Gasteiger partial charge on any atom is -0.206 e. The maximum absolute atomic E-state index is 15.1. The lowest BCUT2D eigenvalue weighted by molar-refractivity contribution is -0.140. The molecule has 0 aliphatic rings. The maximum Gasteiger partial charge on any atom is 0.419 e. The van der Waals surface area contributed by atoms with Gasteiger partial charge < -0.3 is 0 Å². The van der Waals surface area contributed by atoms with Crippen LogP contribution < -0.4 is 15.9 Å². The highest BCUT2D eigenvalue weighted by Crippen LogP contribution is 2.58. The molecule has 0 aliphatic carbocycles. The number of hydrogen-bond acceptors (Lipinski definition) is 0. The molecule has 0 amide bonds. The van der Waals surface area contributed by atoms with E-state index in [2.05, 4.69) is 0 Å². The summed E-state index contributed by atoms with van der Waals surface area (Å²) in [4.78, 5) is 0. The van der Waals surface area contributed by atoms with E-state index < -0.39 is 24.8 Å². The van der Waals surface area contributed by atoms with E-state index in [1.54, 1.807) is 0 Å². The van der Waals surface area contributed by atoms with Crippen LogP contribution in [0.1, 0.15) is 11.1 Å². The number of halogens is 4. The average molecular weight is 439 g/mol. The predicted octanol–water partition coefficient (Wildman–Crippen LogP) is 6.34. The third-order valence-corrected chi connectivity index (χ3v) is 9.74. The van der Waals surface area contributed by atoms with Crippen molar-refractivity contribution in [3.63, 3.8) is 0 Å². The monoisotopic (exact) mass is 439 g/mol. The van der Waals surface area contributed by atoms with Crippen LogP contribution in [0.25, 0.3) is 0 Å². The van der Waals surface area contributed by atoms with Crippen LogP contribution in [-0.2, 0) is 12.3 Å². The molecular weight excluding hydrogens is 419 g/mol. The highest BCUT2D eigenvalue weighted by molar-refractivity contribution is 7.95. The SMILES string of the molecule is Fc1c(C[P+](c2ccccc2)(c2ccccc2)c2ccccc2)cccc1C(F)(F)F. The van der Waals surface area contributed by atoms with Crippen molar-refractivity contribution < 1.29 is 17.6 Å². The second kappa shape index (κ2) is 8.64. The molecule has 0 saturated heterocycles. The Morgan fingerprint density at radius 3 is 1.35 bits per heavy atom. The van der Waals surface area contributed by atoms with Gasteiger partial charge in [0, 0.05) is 5.56 Å². The molecule has 0 unspecified atom stereocenters. The number of alkyl halides is 3. The Bertz CT molecular complexity index is 1040. The largest absolute Gasteiger partial charge is 0.419 e. The molecule has 0 nitrogen and oxygen atoms in total. The van der Waals surface area contributed by atoms with Gasteiger partial charge in [-0.05, 0) is 42.5 Å². The van der Waals surface area contributed by atoms with Gasteiger partial charge in [-0.25, -0.2) is 4.39 Å². The molecule has 0 spiro atoms. The van der Waals surface area contributed by atoms with Crippen LogP contribution in [0.15, 0.2) is 109 Å². The number of hydrogen-bond donors (Lipinski definition) is 0. The van der Waals surface area contributed by atoms with Gasteiger partial charge in [-0.2, -0.15) is 13.2 Å². The molecule has 5 heteroatoms. The summed E-state index contributed by atoms with van der Waals surface area (Å²) >= 11 is 0. The summed E-state index contributed by atoms with van der Waals surface area (Å²) in [6.45, 7) is 0. The summed E-state index contributed by atoms with van der Waals surface area (Å²) in [5.74, 6) is -1.19. The van der Waals surface area contributed by atoms with Crippen LogP contribution in [0.4, 0.5) is 17.6 Å². The lowest BCUT2D eigenvalue weighted by Gasteiger charge is -2.28. The molecule has 0 aliphatic heterocycles. The van der Waals surface area contributed by atoms with Crippen molar-refractivity contribution in [1.29, 1.82) is 0 Å². The molecule has 4 rings (SSSR count). The Hall–Kier alpha value is -2.97. The minimum atomic E-state index is -4.74. The van der Waals surface area contributed by atoms with Crippen LogP contribution in [-0.4, -0.2) is 0 Å². The number of benzene rings is 4. The first-order valence-corrected chi connectivity index (χ1v) is 11.8. The molecule has 156 valence electrons. The normalized spacial score (nSPS) is 12.0. The number of rotatable bonds is 5. The molecule has 0 atom stereocenters. The predicted molar refractivity (Wildman–Crippen MR) is 120 cm³/mol. The second-order valence-corrected chi connectivity index (χ2v) is 10.7. The first-order valence-electron chi connectivity index (χ1n) is 9.82. The van der Waals surface area contributed by atoms with Crippen LogP contribution >= 0.6 is 7.26 Å². The molecule has 0 fully saturated rings.